The van der Waals surface area contributed by atoms with Crippen LogP contribution in [-0.2, 0) is 11.3 Å². The number of rotatable bonds is 6. The van der Waals surface area contributed by atoms with E-state index in [4.69, 9.17) is 14.2 Å². The van der Waals surface area contributed by atoms with Gasteiger partial charge < -0.3 is 19.1 Å². The maximum atomic E-state index is 12.1. The fourth-order valence-corrected chi connectivity index (χ4v) is 3.94. The van der Waals surface area contributed by atoms with Crippen LogP contribution < -0.4 is 14.2 Å². The lowest BCUT2D eigenvalue weighted by molar-refractivity contribution is -0.130. The topological polar surface area (TPSA) is 51.2 Å². The van der Waals surface area contributed by atoms with E-state index in [0.29, 0.717) is 29.9 Å². The van der Waals surface area contributed by atoms with Gasteiger partial charge in [0, 0.05) is 43.7 Å². The van der Waals surface area contributed by atoms with Crippen molar-refractivity contribution in [2.75, 3.05) is 41.0 Å². The van der Waals surface area contributed by atoms with Gasteiger partial charge in [0.1, 0.15) is 5.75 Å². The molecular weight excluding hydrogens is 320 g/mol. The van der Waals surface area contributed by atoms with Gasteiger partial charge in [-0.05, 0) is 31.9 Å². The Hall–Kier alpha value is -1.95. The molecular formula is C19H28N2O4. The van der Waals surface area contributed by atoms with Crippen LogP contribution in [0.5, 0.6) is 17.2 Å². The summed E-state index contributed by atoms with van der Waals surface area (Å²) >= 11 is 0. The van der Waals surface area contributed by atoms with Gasteiger partial charge in [-0.2, -0.15) is 0 Å². The highest BCUT2D eigenvalue weighted by atomic mass is 16.5. The number of carbonyl (C=O) groups is 1. The van der Waals surface area contributed by atoms with E-state index in [9.17, 15) is 4.79 Å². The largest absolute Gasteiger partial charge is 0.496 e. The third-order valence-corrected chi connectivity index (χ3v) is 5.21. The number of benzene rings is 1. The Kier molecular flexibility index (Phi) is 5.68. The molecule has 0 aliphatic carbocycles. The Balaban J connectivity index is 1.73. The van der Waals surface area contributed by atoms with Crippen LogP contribution in [0.15, 0.2) is 12.1 Å². The van der Waals surface area contributed by atoms with Gasteiger partial charge in [0.15, 0.2) is 11.5 Å². The summed E-state index contributed by atoms with van der Waals surface area (Å²) in [5, 5.41) is 0. The Labute approximate surface area is 149 Å². The molecule has 0 bridgehead atoms. The van der Waals surface area contributed by atoms with Crippen LogP contribution in [-0.4, -0.2) is 62.7 Å². The van der Waals surface area contributed by atoms with Gasteiger partial charge in [-0.3, -0.25) is 9.69 Å². The highest BCUT2D eigenvalue weighted by molar-refractivity contribution is 5.78. The lowest BCUT2D eigenvalue weighted by Crippen LogP contribution is -2.48. The van der Waals surface area contributed by atoms with Crippen LogP contribution in [0.4, 0.5) is 0 Å². The van der Waals surface area contributed by atoms with E-state index in [2.05, 4.69) is 9.80 Å². The maximum absolute atomic E-state index is 12.1. The molecule has 6 heteroatoms. The molecule has 2 heterocycles. The number of hydrogen-bond donors (Lipinski definition) is 0. The second-order valence-electron chi connectivity index (χ2n) is 6.74. The third kappa shape index (κ3) is 3.84. The molecule has 1 aromatic rings. The fourth-order valence-electron chi connectivity index (χ4n) is 3.94. The first-order valence-corrected chi connectivity index (χ1v) is 8.97. The summed E-state index contributed by atoms with van der Waals surface area (Å²) in [6.45, 7) is 3.65. The second kappa shape index (κ2) is 7.95. The highest BCUT2D eigenvalue weighted by Crippen LogP contribution is 2.35. The Morgan fingerprint density at radius 1 is 1.00 bits per heavy atom. The zero-order valence-electron chi connectivity index (χ0n) is 15.4. The lowest BCUT2D eigenvalue weighted by Gasteiger charge is -2.37. The second-order valence-corrected chi connectivity index (χ2v) is 6.74. The Morgan fingerprint density at radius 3 is 2.36 bits per heavy atom. The van der Waals surface area contributed by atoms with E-state index >= 15 is 0 Å². The minimum Gasteiger partial charge on any atom is -0.496 e. The van der Waals surface area contributed by atoms with Gasteiger partial charge in [0.05, 0.1) is 21.3 Å². The van der Waals surface area contributed by atoms with E-state index < -0.39 is 0 Å². The number of amides is 1. The zero-order chi connectivity index (χ0) is 17.8. The molecule has 0 radical (unpaired) electrons. The number of carbonyl (C=O) groups excluding carboxylic acids is 1. The zero-order valence-corrected chi connectivity index (χ0v) is 15.4. The first kappa shape index (κ1) is 17.9. The molecule has 2 aliphatic heterocycles. The Morgan fingerprint density at radius 2 is 1.72 bits per heavy atom. The molecule has 138 valence electrons. The molecule has 3 rings (SSSR count). The predicted octanol–water partition coefficient (Wildman–Crippen LogP) is 2.30. The molecule has 2 fully saturated rings. The third-order valence-electron chi connectivity index (χ3n) is 5.21. The van der Waals surface area contributed by atoms with E-state index in [1.54, 1.807) is 21.3 Å². The van der Waals surface area contributed by atoms with Crippen LogP contribution in [0, 0.1) is 0 Å². The molecule has 1 atom stereocenters. The first-order valence-electron chi connectivity index (χ1n) is 8.97. The van der Waals surface area contributed by atoms with Crippen molar-refractivity contribution in [1.82, 2.24) is 9.80 Å². The van der Waals surface area contributed by atoms with E-state index in [0.717, 1.165) is 56.8 Å². The van der Waals surface area contributed by atoms with Crippen molar-refractivity contribution < 1.29 is 19.0 Å². The van der Waals surface area contributed by atoms with Gasteiger partial charge in [-0.25, -0.2) is 0 Å². The Bertz CT molecular complexity index is 620. The van der Waals surface area contributed by atoms with Crippen LogP contribution in [0.1, 0.15) is 31.2 Å². The van der Waals surface area contributed by atoms with Gasteiger partial charge in [-0.15, -0.1) is 0 Å². The van der Waals surface area contributed by atoms with Crippen molar-refractivity contribution in [2.45, 2.75) is 38.3 Å². The lowest BCUT2D eigenvalue weighted by atomic mass is 10.0. The average Bonchev–Trinajstić information content (AvgIpc) is 3.07. The minimum atomic E-state index is 0.315. The summed E-state index contributed by atoms with van der Waals surface area (Å²) in [6.07, 6.45) is 3.92. The molecule has 2 aliphatic rings. The molecule has 25 heavy (non-hydrogen) atoms. The predicted molar refractivity (Wildman–Crippen MR) is 95.3 cm³/mol. The fraction of sp³-hybridized carbons (Fsp3) is 0.632. The van der Waals surface area contributed by atoms with Gasteiger partial charge in [-0.1, -0.05) is 0 Å². The number of hydrogen-bond acceptors (Lipinski definition) is 5. The molecule has 0 spiro atoms. The summed E-state index contributed by atoms with van der Waals surface area (Å²) in [5.41, 5.74) is 1.08. The number of ether oxygens (including phenoxy) is 3. The van der Waals surface area contributed by atoms with Gasteiger partial charge in [0.2, 0.25) is 5.91 Å². The van der Waals surface area contributed by atoms with Gasteiger partial charge in [0.25, 0.3) is 0 Å². The van der Waals surface area contributed by atoms with Crippen molar-refractivity contribution in [1.29, 1.82) is 0 Å². The molecule has 0 N–H and O–H groups in total. The summed E-state index contributed by atoms with van der Waals surface area (Å²) in [5.74, 6) is 2.50. The normalized spacial score (nSPS) is 21.5. The summed E-state index contributed by atoms with van der Waals surface area (Å²) < 4.78 is 16.3. The van der Waals surface area contributed by atoms with Crippen molar-refractivity contribution in [3.63, 3.8) is 0 Å². The van der Waals surface area contributed by atoms with Crippen LogP contribution in [0.3, 0.4) is 0 Å². The highest BCUT2D eigenvalue weighted by Gasteiger charge is 2.31. The van der Waals surface area contributed by atoms with Gasteiger partial charge >= 0.3 is 0 Å². The monoisotopic (exact) mass is 348 g/mol. The van der Waals surface area contributed by atoms with E-state index in [1.807, 2.05) is 12.1 Å². The maximum Gasteiger partial charge on any atom is 0.222 e. The molecule has 2 saturated heterocycles. The summed E-state index contributed by atoms with van der Waals surface area (Å²) in [4.78, 5) is 16.5. The standard InChI is InChI=1S/C19H28N2O4/c1-23-16-11-18(25-3)17(24-2)10-14(16)12-20-8-4-6-15(13-20)21-9-5-7-19(21)22/h10-11,15H,4-9,12-13H2,1-3H3/t15-/m0/s1. The average molecular weight is 348 g/mol. The van der Waals surface area contributed by atoms with Crippen molar-refractivity contribution in [2.24, 2.45) is 0 Å². The first-order chi connectivity index (χ1) is 12.2. The summed E-state index contributed by atoms with van der Waals surface area (Å²) in [7, 11) is 4.94. The number of likely N-dealkylation sites (tertiary alicyclic amines) is 2. The molecule has 1 aromatic carbocycles. The van der Waals surface area contributed by atoms with Crippen molar-refractivity contribution >= 4 is 5.91 Å². The van der Waals surface area contributed by atoms with Crippen LogP contribution >= 0.6 is 0 Å². The number of methoxy groups -OCH3 is 3. The number of piperidine rings is 1. The van der Waals surface area contributed by atoms with Crippen LogP contribution in [0.2, 0.25) is 0 Å². The van der Waals surface area contributed by atoms with Crippen molar-refractivity contribution in [3.8, 4) is 17.2 Å². The molecule has 0 aromatic heterocycles. The van der Waals surface area contributed by atoms with Crippen LogP contribution in [0.25, 0.3) is 0 Å². The quantitative estimate of drug-likeness (QED) is 0.790. The minimum absolute atomic E-state index is 0.315. The smallest absolute Gasteiger partial charge is 0.222 e. The molecule has 1 amide bonds. The van der Waals surface area contributed by atoms with E-state index in [-0.39, 0.29) is 0 Å². The molecule has 0 saturated carbocycles. The summed E-state index contributed by atoms with van der Waals surface area (Å²) in [6, 6.07) is 4.21. The van der Waals surface area contributed by atoms with E-state index in [1.165, 1.54) is 0 Å². The van der Waals surface area contributed by atoms with Crippen molar-refractivity contribution in [3.05, 3.63) is 17.7 Å². The molecule has 6 nitrogen and oxygen atoms in total. The molecule has 0 unspecified atom stereocenters. The SMILES string of the molecule is COc1cc(OC)c(OC)cc1CN1CCC[C@H](N2CCCC2=O)C1. The number of nitrogens with zero attached hydrogens (tertiary/aromatic N) is 2.